The second-order valence-electron chi connectivity index (χ2n) is 7.78. The lowest BCUT2D eigenvalue weighted by Gasteiger charge is -2.27. The van der Waals surface area contributed by atoms with Gasteiger partial charge in [-0.2, -0.15) is 0 Å². The van der Waals surface area contributed by atoms with E-state index in [1.54, 1.807) is 24.1 Å². The molecule has 0 bridgehead atoms. The molecular formula is C23H26N4O5S. The van der Waals surface area contributed by atoms with Crippen molar-refractivity contribution < 1.29 is 19.2 Å². The molecule has 10 heteroatoms. The number of hydrogen-bond acceptors (Lipinski definition) is 8. The van der Waals surface area contributed by atoms with Crippen molar-refractivity contribution in [2.45, 2.75) is 12.8 Å². The highest BCUT2D eigenvalue weighted by molar-refractivity contribution is 7.22. The van der Waals surface area contributed by atoms with Crippen LogP contribution in [0.15, 0.2) is 42.5 Å². The number of carbonyl (C=O) groups is 1. The van der Waals surface area contributed by atoms with E-state index in [4.69, 9.17) is 14.5 Å². The Kier molecular flexibility index (Phi) is 7.48. The van der Waals surface area contributed by atoms with Gasteiger partial charge >= 0.3 is 0 Å². The number of benzene rings is 2. The van der Waals surface area contributed by atoms with E-state index in [1.807, 2.05) is 18.2 Å². The maximum Gasteiger partial charge on any atom is 0.269 e. The minimum absolute atomic E-state index is 0.00804. The number of methoxy groups -OCH3 is 1. The zero-order valence-electron chi connectivity index (χ0n) is 18.4. The van der Waals surface area contributed by atoms with Crippen molar-refractivity contribution in [3.8, 4) is 5.75 Å². The monoisotopic (exact) mass is 470 g/mol. The lowest BCUT2D eigenvalue weighted by Crippen LogP contribution is -2.39. The number of thiazole rings is 1. The molecule has 0 spiro atoms. The van der Waals surface area contributed by atoms with E-state index in [9.17, 15) is 14.9 Å². The number of rotatable bonds is 9. The summed E-state index contributed by atoms with van der Waals surface area (Å²) >= 11 is 1.47. The van der Waals surface area contributed by atoms with Gasteiger partial charge in [0.2, 0.25) is 5.91 Å². The Balaban J connectivity index is 1.52. The molecule has 2 aromatic carbocycles. The number of ether oxygens (including phenoxy) is 2. The van der Waals surface area contributed by atoms with E-state index in [-0.39, 0.29) is 18.0 Å². The van der Waals surface area contributed by atoms with Crippen LogP contribution in [0.4, 0.5) is 10.8 Å². The molecule has 33 heavy (non-hydrogen) atoms. The quantitative estimate of drug-likeness (QED) is 0.349. The van der Waals surface area contributed by atoms with Crippen molar-refractivity contribution in [3.63, 3.8) is 0 Å². The van der Waals surface area contributed by atoms with Crippen LogP contribution in [0.1, 0.15) is 12.0 Å². The van der Waals surface area contributed by atoms with Crippen molar-refractivity contribution >= 4 is 38.3 Å². The molecule has 4 rings (SSSR count). The molecule has 2 heterocycles. The summed E-state index contributed by atoms with van der Waals surface area (Å²) < 4.78 is 11.7. The fourth-order valence-corrected chi connectivity index (χ4v) is 4.74. The summed E-state index contributed by atoms with van der Waals surface area (Å²) in [6.07, 6.45) is 0.958. The number of carbonyl (C=O) groups excluding carboxylic acids is 1. The van der Waals surface area contributed by atoms with E-state index < -0.39 is 4.92 Å². The van der Waals surface area contributed by atoms with Gasteiger partial charge in [-0.25, -0.2) is 4.98 Å². The summed E-state index contributed by atoms with van der Waals surface area (Å²) in [5, 5.41) is 11.6. The van der Waals surface area contributed by atoms with Gasteiger partial charge in [0.25, 0.3) is 5.69 Å². The smallest absolute Gasteiger partial charge is 0.269 e. The average molecular weight is 471 g/mol. The van der Waals surface area contributed by atoms with Crippen LogP contribution in [0, 0.1) is 10.1 Å². The van der Waals surface area contributed by atoms with Crippen LogP contribution in [-0.4, -0.2) is 67.2 Å². The molecule has 1 amide bonds. The average Bonchev–Trinajstić information content (AvgIpc) is 3.25. The summed E-state index contributed by atoms with van der Waals surface area (Å²) in [5.74, 6) is 0.632. The van der Waals surface area contributed by atoms with Gasteiger partial charge in [-0.15, -0.1) is 0 Å². The molecule has 0 unspecified atom stereocenters. The fraction of sp³-hybridized carbons (Fsp3) is 0.391. The third-order valence-corrected chi connectivity index (χ3v) is 6.64. The molecule has 1 aromatic heterocycles. The van der Waals surface area contributed by atoms with Crippen LogP contribution in [0.5, 0.6) is 5.75 Å². The highest BCUT2D eigenvalue weighted by atomic mass is 32.1. The minimum atomic E-state index is -0.445. The largest absolute Gasteiger partial charge is 0.497 e. The summed E-state index contributed by atoms with van der Waals surface area (Å²) in [5.41, 5.74) is 1.52. The number of morpholine rings is 1. The topological polar surface area (TPSA) is 98.0 Å². The number of nitrogens with zero attached hydrogens (tertiary/aromatic N) is 4. The molecule has 1 saturated heterocycles. The lowest BCUT2D eigenvalue weighted by atomic mass is 10.1. The van der Waals surface area contributed by atoms with Gasteiger partial charge < -0.3 is 9.47 Å². The summed E-state index contributed by atoms with van der Waals surface area (Å²) in [6.45, 7) is 4.70. The molecule has 0 saturated carbocycles. The molecule has 0 atom stereocenters. The molecular weight excluding hydrogens is 444 g/mol. The zero-order chi connectivity index (χ0) is 23.2. The van der Waals surface area contributed by atoms with Gasteiger partial charge in [0.1, 0.15) is 5.75 Å². The Hall–Kier alpha value is -3.08. The molecule has 1 aliphatic heterocycles. The number of nitro benzene ring substituents is 1. The molecule has 9 nitrogen and oxygen atoms in total. The van der Waals surface area contributed by atoms with Crippen LogP contribution < -0.4 is 9.64 Å². The summed E-state index contributed by atoms with van der Waals surface area (Å²) in [4.78, 5) is 32.6. The number of amides is 1. The van der Waals surface area contributed by atoms with Crippen LogP contribution in [0.3, 0.4) is 0 Å². The first-order chi connectivity index (χ1) is 16.0. The maximum atomic E-state index is 13.3. The Morgan fingerprint density at radius 1 is 1.24 bits per heavy atom. The Labute approximate surface area is 195 Å². The number of hydrogen-bond donors (Lipinski definition) is 0. The zero-order valence-corrected chi connectivity index (χ0v) is 19.3. The molecule has 0 N–H and O–H groups in total. The number of nitro groups is 1. The van der Waals surface area contributed by atoms with E-state index >= 15 is 0 Å². The van der Waals surface area contributed by atoms with E-state index in [2.05, 4.69) is 4.90 Å². The highest BCUT2D eigenvalue weighted by Gasteiger charge is 2.21. The number of non-ortho nitro benzene ring substituents is 1. The third-order valence-electron chi connectivity index (χ3n) is 5.58. The normalized spacial score (nSPS) is 14.3. The van der Waals surface area contributed by atoms with Crippen molar-refractivity contribution in [3.05, 3.63) is 58.1 Å². The molecule has 174 valence electrons. The summed E-state index contributed by atoms with van der Waals surface area (Å²) in [6, 6.07) is 11.8. The Morgan fingerprint density at radius 3 is 2.70 bits per heavy atom. The third kappa shape index (κ3) is 5.84. The van der Waals surface area contributed by atoms with Gasteiger partial charge in [0.15, 0.2) is 5.13 Å². The van der Waals surface area contributed by atoms with E-state index in [0.717, 1.165) is 60.8 Å². The predicted octanol–water partition coefficient (Wildman–Crippen LogP) is 3.51. The van der Waals surface area contributed by atoms with Gasteiger partial charge in [-0.05, 0) is 24.1 Å². The van der Waals surface area contributed by atoms with Gasteiger partial charge in [-0.3, -0.25) is 24.7 Å². The van der Waals surface area contributed by atoms with Crippen LogP contribution >= 0.6 is 11.3 Å². The Morgan fingerprint density at radius 2 is 2.00 bits per heavy atom. The van der Waals surface area contributed by atoms with E-state index in [1.165, 1.54) is 23.5 Å². The molecule has 0 radical (unpaired) electrons. The lowest BCUT2D eigenvalue weighted by molar-refractivity contribution is -0.384. The van der Waals surface area contributed by atoms with Crippen molar-refractivity contribution in [2.75, 3.05) is 51.4 Å². The van der Waals surface area contributed by atoms with Gasteiger partial charge in [0, 0.05) is 44.4 Å². The maximum absolute atomic E-state index is 13.3. The fourth-order valence-electron chi connectivity index (χ4n) is 3.75. The molecule has 1 fully saturated rings. The summed E-state index contributed by atoms with van der Waals surface area (Å²) in [7, 11) is 1.61. The standard InChI is InChI=1S/C23H26N4O5S/c1-31-19-7-8-21-20(16-19)24-23(33-21)26(10-2-9-25-11-13-32-14-12-25)22(28)15-17-3-5-18(6-4-17)27(29)30/h3-8,16H,2,9-15H2,1H3. The van der Waals surface area contributed by atoms with Crippen LogP contribution in [0.25, 0.3) is 10.2 Å². The highest BCUT2D eigenvalue weighted by Crippen LogP contribution is 2.31. The molecule has 0 aliphatic carbocycles. The van der Waals surface area contributed by atoms with Gasteiger partial charge in [-0.1, -0.05) is 23.5 Å². The van der Waals surface area contributed by atoms with Crippen LogP contribution in [-0.2, 0) is 16.0 Å². The van der Waals surface area contributed by atoms with Crippen molar-refractivity contribution in [2.24, 2.45) is 0 Å². The number of aromatic nitrogens is 1. The van der Waals surface area contributed by atoms with E-state index in [0.29, 0.717) is 11.7 Å². The van der Waals surface area contributed by atoms with Crippen molar-refractivity contribution in [1.82, 2.24) is 9.88 Å². The van der Waals surface area contributed by atoms with Gasteiger partial charge in [0.05, 0.1) is 41.9 Å². The SMILES string of the molecule is COc1ccc2sc(N(CCCN3CCOCC3)C(=O)Cc3ccc([N+](=O)[O-])cc3)nc2c1. The predicted molar refractivity (Wildman–Crippen MR) is 127 cm³/mol. The first-order valence-electron chi connectivity index (χ1n) is 10.8. The number of fused-ring (bicyclic) bond motifs is 1. The minimum Gasteiger partial charge on any atom is -0.497 e. The van der Waals surface area contributed by atoms with Crippen LogP contribution in [0.2, 0.25) is 0 Å². The Bertz CT molecular complexity index is 1110. The van der Waals surface area contributed by atoms with Crippen molar-refractivity contribution in [1.29, 1.82) is 0 Å². The molecule has 3 aromatic rings. The first-order valence-corrected chi connectivity index (χ1v) is 11.6. The number of anilines is 1. The first kappa shape index (κ1) is 23.1. The second kappa shape index (κ2) is 10.7. The second-order valence-corrected chi connectivity index (χ2v) is 8.79. The molecule has 1 aliphatic rings.